The Labute approximate surface area is 126 Å². The van der Waals surface area contributed by atoms with Crippen LogP contribution in [0.15, 0.2) is 30.3 Å². The molecule has 1 aliphatic rings. The number of benzene rings is 1. The highest BCUT2D eigenvalue weighted by Gasteiger charge is 2.19. The van der Waals surface area contributed by atoms with Gasteiger partial charge in [-0.05, 0) is 56.3 Å². The van der Waals surface area contributed by atoms with Crippen molar-refractivity contribution in [3.05, 3.63) is 56.8 Å². The van der Waals surface area contributed by atoms with Crippen molar-refractivity contribution in [1.29, 1.82) is 0 Å². The van der Waals surface area contributed by atoms with Gasteiger partial charge in [0.05, 0.1) is 6.04 Å². The monoisotopic (exact) mass is 285 g/mol. The maximum Gasteiger partial charge on any atom is 0.0671 e. The first-order valence-corrected chi connectivity index (χ1v) is 8.51. The molecule has 0 saturated carbocycles. The number of nitrogens with one attached hydrogen (secondary N) is 1. The Morgan fingerprint density at radius 3 is 2.60 bits per heavy atom. The van der Waals surface area contributed by atoms with Crippen molar-refractivity contribution < 1.29 is 0 Å². The second-order valence-electron chi connectivity index (χ2n) is 5.71. The van der Waals surface area contributed by atoms with Gasteiger partial charge in [0.1, 0.15) is 0 Å². The van der Waals surface area contributed by atoms with Gasteiger partial charge in [0, 0.05) is 9.75 Å². The highest BCUT2D eigenvalue weighted by molar-refractivity contribution is 7.12. The molecule has 1 aliphatic carbocycles. The van der Waals surface area contributed by atoms with Crippen LogP contribution in [0.4, 0.5) is 0 Å². The number of thiophene rings is 1. The summed E-state index contributed by atoms with van der Waals surface area (Å²) in [6.07, 6.45) is 5.29. The second kappa shape index (κ2) is 6.11. The lowest BCUT2D eigenvalue weighted by Gasteiger charge is -2.17. The van der Waals surface area contributed by atoms with Crippen molar-refractivity contribution in [3.8, 4) is 0 Å². The summed E-state index contributed by atoms with van der Waals surface area (Å²) in [6.45, 7) is 5.34. The maximum absolute atomic E-state index is 3.65. The van der Waals surface area contributed by atoms with Gasteiger partial charge in [-0.25, -0.2) is 0 Å². The van der Waals surface area contributed by atoms with Crippen LogP contribution in [0.5, 0.6) is 0 Å². The molecular weight excluding hydrogens is 262 g/mol. The summed E-state index contributed by atoms with van der Waals surface area (Å²) in [5.41, 5.74) is 4.32. The average molecular weight is 285 g/mol. The van der Waals surface area contributed by atoms with E-state index in [1.807, 2.05) is 11.3 Å². The third kappa shape index (κ3) is 2.82. The van der Waals surface area contributed by atoms with Crippen molar-refractivity contribution in [1.82, 2.24) is 5.32 Å². The number of fused-ring (bicyclic) bond motifs is 1. The number of hydrogen-bond donors (Lipinski definition) is 1. The first-order chi connectivity index (χ1) is 9.78. The van der Waals surface area contributed by atoms with E-state index < -0.39 is 0 Å². The molecular formula is C18H23NS. The van der Waals surface area contributed by atoms with Gasteiger partial charge in [-0.15, -0.1) is 11.3 Å². The highest BCUT2D eigenvalue weighted by Crippen LogP contribution is 2.35. The van der Waals surface area contributed by atoms with E-state index in [2.05, 4.69) is 49.5 Å². The van der Waals surface area contributed by atoms with E-state index in [-0.39, 0.29) is 0 Å². The normalized spacial score (nSPS) is 15.9. The molecule has 1 unspecified atom stereocenters. The van der Waals surface area contributed by atoms with Gasteiger partial charge in [-0.1, -0.05) is 36.8 Å². The van der Waals surface area contributed by atoms with Crippen LogP contribution in [0.2, 0.25) is 0 Å². The summed E-state index contributed by atoms with van der Waals surface area (Å²) in [7, 11) is 0. The molecule has 1 nitrogen and oxygen atoms in total. The molecule has 2 heteroatoms. The Balaban J connectivity index is 1.93. The van der Waals surface area contributed by atoms with E-state index in [0.29, 0.717) is 6.04 Å². The van der Waals surface area contributed by atoms with E-state index in [9.17, 15) is 0 Å². The lowest BCUT2D eigenvalue weighted by Crippen LogP contribution is -2.21. The van der Waals surface area contributed by atoms with Crippen LogP contribution >= 0.6 is 11.3 Å². The fourth-order valence-electron chi connectivity index (χ4n) is 3.00. The molecule has 2 aromatic rings. The van der Waals surface area contributed by atoms with Crippen LogP contribution in [0.25, 0.3) is 0 Å². The van der Waals surface area contributed by atoms with Gasteiger partial charge in [-0.3, -0.25) is 0 Å². The number of rotatable bonds is 4. The van der Waals surface area contributed by atoms with E-state index >= 15 is 0 Å². The Morgan fingerprint density at radius 2 is 1.90 bits per heavy atom. The van der Waals surface area contributed by atoms with Gasteiger partial charge >= 0.3 is 0 Å². The van der Waals surface area contributed by atoms with Crippen molar-refractivity contribution in [2.75, 3.05) is 6.54 Å². The fraction of sp³-hybridized carbons (Fsp3) is 0.444. The molecule has 0 fully saturated rings. The minimum absolute atomic E-state index is 0.358. The topological polar surface area (TPSA) is 12.0 Å². The highest BCUT2D eigenvalue weighted by atomic mass is 32.1. The molecule has 0 spiro atoms. The lowest BCUT2D eigenvalue weighted by atomic mass is 9.97. The molecule has 1 heterocycles. The predicted octanol–water partition coefficient (Wildman–Crippen LogP) is 4.63. The Hall–Kier alpha value is -1.12. The molecule has 20 heavy (non-hydrogen) atoms. The van der Waals surface area contributed by atoms with Crippen LogP contribution < -0.4 is 5.32 Å². The smallest absolute Gasteiger partial charge is 0.0671 e. The summed E-state index contributed by atoms with van der Waals surface area (Å²) in [4.78, 5) is 3.11. The second-order valence-corrected chi connectivity index (χ2v) is 6.87. The predicted molar refractivity (Wildman–Crippen MR) is 87.7 cm³/mol. The minimum Gasteiger partial charge on any atom is -0.306 e. The zero-order chi connectivity index (χ0) is 13.9. The summed E-state index contributed by atoms with van der Waals surface area (Å²) in [5.74, 6) is 0. The zero-order valence-corrected chi connectivity index (χ0v) is 13.2. The van der Waals surface area contributed by atoms with E-state index in [1.165, 1.54) is 41.7 Å². The van der Waals surface area contributed by atoms with E-state index in [0.717, 1.165) is 6.54 Å². The molecule has 0 aliphatic heterocycles. The van der Waals surface area contributed by atoms with Gasteiger partial charge in [0.2, 0.25) is 0 Å². The molecule has 1 N–H and O–H groups in total. The van der Waals surface area contributed by atoms with Crippen LogP contribution in [0, 0.1) is 6.92 Å². The third-order valence-corrected chi connectivity index (χ3v) is 5.42. The number of hydrogen-bond acceptors (Lipinski definition) is 2. The van der Waals surface area contributed by atoms with E-state index in [4.69, 9.17) is 0 Å². The van der Waals surface area contributed by atoms with Crippen molar-refractivity contribution in [2.45, 2.75) is 45.6 Å². The SMILES string of the molecule is CCNC(c1ccc(C)cc1)c1cc2c(s1)CCCC2. The van der Waals surface area contributed by atoms with Crippen molar-refractivity contribution in [3.63, 3.8) is 0 Å². The maximum atomic E-state index is 3.65. The molecule has 3 rings (SSSR count). The van der Waals surface area contributed by atoms with Gasteiger partial charge in [0.15, 0.2) is 0 Å². The molecule has 106 valence electrons. The van der Waals surface area contributed by atoms with Gasteiger partial charge in [-0.2, -0.15) is 0 Å². The van der Waals surface area contributed by atoms with Crippen molar-refractivity contribution in [2.24, 2.45) is 0 Å². The summed E-state index contributed by atoms with van der Waals surface area (Å²) >= 11 is 2.02. The number of aryl methyl sites for hydroxylation is 3. The summed E-state index contributed by atoms with van der Waals surface area (Å²) in [5, 5.41) is 3.65. The first kappa shape index (κ1) is 13.8. The lowest BCUT2D eigenvalue weighted by molar-refractivity contribution is 0.638. The third-order valence-electron chi connectivity index (χ3n) is 4.12. The van der Waals surface area contributed by atoms with Crippen LogP contribution in [0.1, 0.15) is 52.3 Å². The quantitative estimate of drug-likeness (QED) is 0.863. The summed E-state index contributed by atoms with van der Waals surface area (Å²) < 4.78 is 0. The first-order valence-electron chi connectivity index (χ1n) is 7.69. The largest absolute Gasteiger partial charge is 0.306 e. The van der Waals surface area contributed by atoms with Crippen LogP contribution in [-0.2, 0) is 12.8 Å². The molecule has 0 amide bonds. The Kier molecular flexibility index (Phi) is 4.23. The Bertz CT molecular complexity index is 544. The molecule has 0 bridgehead atoms. The fourth-order valence-corrected chi connectivity index (χ4v) is 4.36. The van der Waals surface area contributed by atoms with Crippen LogP contribution in [-0.4, -0.2) is 6.54 Å². The molecule has 1 atom stereocenters. The zero-order valence-electron chi connectivity index (χ0n) is 12.4. The van der Waals surface area contributed by atoms with Crippen molar-refractivity contribution >= 4 is 11.3 Å². The molecule has 1 aromatic heterocycles. The Morgan fingerprint density at radius 1 is 1.15 bits per heavy atom. The minimum atomic E-state index is 0.358. The van der Waals surface area contributed by atoms with Gasteiger partial charge in [0.25, 0.3) is 0 Å². The summed E-state index contributed by atoms with van der Waals surface area (Å²) in [6, 6.07) is 11.8. The van der Waals surface area contributed by atoms with Crippen LogP contribution in [0.3, 0.4) is 0 Å². The average Bonchev–Trinajstić information content (AvgIpc) is 2.89. The molecule has 0 saturated heterocycles. The van der Waals surface area contributed by atoms with E-state index in [1.54, 1.807) is 10.4 Å². The standard InChI is InChI=1S/C18H23NS/c1-3-19-18(14-10-8-13(2)9-11-14)17-12-15-6-4-5-7-16(15)20-17/h8-12,18-19H,3-7H2,1-2H3. The molecule has 0 radical (unpaired) electrons. The van der Waals surface area contributed by atoms with Gasteiger partial charge < -0.3 is 5.32 Å². The molecule has 1 aromatic carbocycles.